The van der Waals surface area contributed by atoms with Crippen LogP contribution in [0.4, 0.5) is 0 Å². The van der Waals surface area contributed by atoms with Gasteiger partial charge in [0.2, 0.25) is 10.0 Å². The maximum Gasteiger partial charge on any atom is 0.325 e. The molecular formula is C19H24N2O5S. The molecule has 2 N–H and O–H groups in total. The van der Waals surface area contributed by atoms with Gasteiger partial charge >= 0.3 is 5.97 Å². The lowest BCUT2D eigenvalue weighted by atomic mass is 10.2. The number of nitrogens with one attached hydrogen (secondary N) is 2. The van der Waals surface area contributed by atoms with Crippen molar-refractivity contribution in [2.75, 3.05) is 20.8 Å². The Morgan fingerprint density at radius 1 is 1.04 bits per heavy atom. The molecule has 8 heteroatoms. The van der Waals surface area contributed by atoms with E-state index >= 15 is 0 Å². The zero-order valence-corrected chi connectivity index (χ0v) is 16.4. The maximum absolute atomic E-state index is 12.5. The molecule has 7 nitrogen and oxygen atoms in total. The molecule has 2 rings (SSSR count). The Bertz CT molecular complexity index is 849. The second kappa shape index (κ2) is 9.50. The van der Waals surface area contributed by atoms with Gasteiger partial charge in [-0.25, -0.2) is 8.42 Å². The lowest BCUT2D eigenvalue weighted by Gasteiger charge is -2.17. The number of sulfonamides is 1. The van der Waals surface area contributed by atoms with Gasteiger partial charge in [-0.05, 0) is 36.8 Å². The Hall–Kier alpha value is -2.42. The van der Waals surface area contributed by atoms with Crippen molar-refractivity contribution in [2.45, 2.75) is 24.4 Å². The average molecular weight is 392 g/mol. The minimum atomic E-state index is -3.84. The van der Waals surface area contributed by atoms with Gasteiger partial charge in [0, 0.05) is 13.1 Å². The largest absolute Gasteiger partial charge is 0.497 e. The van der Waals surface area contributed by atoms with E-state index in [9.17, 15) is 13.2 Å². The van der Waals surface area contributed by atoms with Crippen LogP contribution < -0.4 is 14.8 Å². The topological polar surface area (TPSA) is 93.7 Å². The Morgan fingerprint density at radius 3 is 2.22 bits per heavy atom. The summed E-state index contributed by atoms with van der Waals surface area (Å²) in [6.07, 6.45) is 0. The van der Waals surface area contributed by atoms with E-state index in [0.29, 0.717) is 6.54 Å². The van der Waals surface area contributed by atoms with Crippen LogP contribution in [0.1, 0.15) is 11.1 Å². The van der Waals surface area contributed by atoms with Crippen molar-refractivity contribution < 1.29 is 22.7 Å². The summed E-state index contributed by atoms with van der Waals surface area (Å²) in [6, 6.07) is 12.8. The molecule has 0 spiro atoms. The Kier molecular flexibility index (Phi) is 7.35. The predicted molar refractivity (Wildman–Crippen MR) is 102 cm³/mol. The molecule has 146 valence electrons. The summed E-state index contributed by atoms with van der Waals surface area (Å²) in [7, 11) is -1.03. The van der Waals surface area contributed by atoms with E-state index in [4.69, 9.17) is 9.47 Å². The number of carbonyl (C=O) groups excluding carboxylic acids is 1. The highest BCUT2D eigenvalue weighted by atomic mass is 32.2. The number of carbonyl (C=O) groups is 1. The summed E-state index contributed by atoms with van der Waals surface area (Å²) in [4.78, 5) is 12.1. The predicted octanol–water partition coefficient (Wildman–Crippen LogP) is 1.61. The van der Waals surface area contributed by atoms with E-state index in [-0.39, 0.29) is 11.4 Å². The van der Waals surface area contributed by atoms with Gasteiger partial charge in [0.25, 0.3) is 0 Å². The van der Waals surface area contributed by atoms with E-state index in [1.54, 1.807) is 19.2 Å². The number of esters is 1. The molecule has 27 heavy (non-hydrogen) atoms. The smallest absolute Gasteiger partial charge is 0.325 e. The molecule has 0 fully saturated rings. The lowest BCUT2D eigenvalue weighted by molar-refractivity contribution is -0.142. The summed E-state index contributed by atoms with van der Waals surface area (Å²) < 4.78 is 37.3. The summed E-state index contributed by atoms with van der Waals surface area (Å²) in [5.41, 5.74) is 1.92. The third-order valence-electron chi connectivity index (χ3n) is 3.95. The first kappa shape index (κ1) is 20.9. The fourth-order valence-electron chi connectivity index (χ4n) is 2.39. The highest BCUT2D eigenvalue weighted by molar-refractivity contribution is 7.89. The van der Waals surface area contributed by atoms with Crippen molar-refractivity contribution in [1.82, 2.24) is 10.0 Å². The van der Waals surface area contributed by atoms with Gasteiger partial charge in [-0.3, -0.25) is 4.79 Å². The molecule has 0 aliphatic heterocycles. The monoisotopic (exact) mass is 392 g/mol. The van der Waals surface area contributed by atoms with Crippen LogP contribution in [0.5, 0.6) is 5.75 Å². The Labute approximate surface area is 159 Å². The molecule has 0 bridgehead atoms. The third kappa shape index (κ3) is 6.06. The quantitative estimate of drug-likeness (QED) is 0.630. The normalized spacial score (nSPS) is 12.4. The summed E-state index contributed by atoms with van der Waals surface area (Å²) in [6.45, 7) is 2.41. The number of ether oxygens (including phenoxy) is 2. The van der Waals surface area contributed by atoms with Gasteiger partial charge < -0.3 is 14.8 Å². The van der Waals surface area contributed by atoms with Gasteiger partial charge in [0.1, 0.15) is 11.8 Å². The van der Waals surface area contributed by atoms with Gasteiger partial charge in [-0.1, -0.05) is 29.8 Å². The van der Waals surface area contributed by atoms with Crippen LogP contribution in [-0.2, 0) is 26.1 Å². The molecule has 2 aromatic rings. The standard InChI is InChI=1S/C19H24N2O5S/c1-14-4-10-17(11-5-14)27(23,24)21-18(19(22)26-3)13-20-12-15-6-8-16(25-2)9-7-15/h4-11,18,20-21H,12-13H2,1-3H3/t18-/m0/s1. The van der Waals surface area contributed by atoms with Crippen LogP contribution in [0.25, 0.3) is 0 Å². The maximum atomic E-state index is 12.5. The van der Waals surface area contributed by atoms with Crippen LogP contribution in [0, 0.1) is 6.92 Å². The van der Waals surface area contributed by atoms with Crippen molar-refractivity contribution in [3.8, 4) is 5.75 Å². The molecule has 0 aliphatic carbocycles. The van der Waals surface area contributed by atoms with Crippen molar-refractivity contribution >= 4 is 16.0 Å². The lowest BCUT2D eigenvalue weighted by Crippen LogP contribution is -2.47. The van der Waals surface area contributed by atoms with E-state index in [2.05, 4.69) is 10.0 Å². The molecule has 0 unspecified atom stereocenters. The zero-order valence-electron chi connectivity index (χ0n) is 15.6. The number of hydrogen-bond donors (Lipinski definition) is 2. The number of hydrogen-bond acceptors (Lipinski definition) is 6. The van der Waals surface area contributed by atoms with Crippen molar-refractivity contribution in [3.05, 3.63) is 59.7 Å². The minimum absolute atomic E-state index is 0.0871. The third-order valence-corrected chi connectivity index (χ3v) is 5.44. The SMILES string of the molecule is COC(=O)[C@H](CNCc1ccc(OC)cc1)NS(=O)(=O)c1ccc(C)cc1. The van der Waals surface area contributed by atoms with E-state index in [1.807, 2.05) is 31.2 Å². The second-order valence-corrected chi connectivity index (χ2v) is 7.70. The first-order valence-electron chi connectivity index (χ1n) is 8.36. The highest BCUT2D eigenvalue weighted by Crippen LogP contribution is 2.12. The first-order valence-corrected chi connectivity index (χ1v) is 9.84. The molecule has 0 saturated heterocycles. The summed E-state index contributed by atoms with van der Waals surface area (Å²) >= 11 is 0. The van der Waals surface area contributed by atoms with Crippen molar-refractivity contribution in [2.24, 2.45) is 0 Å². The molecule has 0 aliphatic rings. The fraction of sp³-hybridized carbons (Fsp3) is 0.316. The van der Waals surface area contributed by atoms with Gasteiger partial charge in [0.15, 0.2) is 0 Å². The Balaban J connectivity index is 2.01. The van der Waals surface area contributed by atoms with Crippen LogP contribution >= 0.6 is 0 Å². The molecule has 0 radical (unpaired) electrons. The van der Waals surface area contributed by atoms with Gasteiger partial charge in [-0.15, -0.1) is 0 Å². The first-order chi connectivity index (χ1) is 12.9. The molecule has 0 aromatic heterocycles. The zero-order chi connectivity index (χ0) is 19.9. The van der Waals surface area contributed by atoms with Gasteiger partial charge in [0.05, 0.1) is 19.1 Å². The van der Waals surface area contributed by atoms with Crippen molar-refractivity contribution in [1.29, 1.82) is 0 Å². The minimum Gasteiger partial charge on any atom is -0.497 e. The van der Waals surface area contributed by atoms with Crippen LogP contribution in [-0.4, -0.2) is 41.2 Å². The molecule has 0 heterocycles. The number of benzene rings is 2. The summed E-state index contributed by atoms with van der Waals surface area (Å²) in [5, 5.41) is 3.07. The Morgan fingerprint density at radius 2 is 1.67 bits per heavy atom. The van der Waals surface area contributed by atoms with E-state index in [0.717, 1.165) is 16.9 Å². The van der Waals surface area contributed by atoms with E-state index in [1.165, 1.54) is 19.2 Å². The molecular weight excluding hydrogens is 368 g/mol. The molecule has 0 saturated carbocycles. The second-order valence-electron chi connectivity index (χ2n) is 5.99. The fourth-order valence-corrected chi connectivity index (χ4v) is 3.58. The molecule has 0 amide bonds. The van der Waals surface area contributed by atoms with E-state index < -0.39 is 22.0 Å². The number of aryl methyl sites for hydroxylation is 1. The average Bonchev–Trinajstić information content (AvgIpc) is 2.67. The van der Waals surface area contributed by atoms with Crippen LogP contribution in [0.15, 0.2) is 53.4 Å². The molecule has 1 atom stereocenters. The van der Waals surface area contributed by atoms with Crippen LogP contribution in [0.3, 0.4) is 0 Å². The van der Waals surface area contributed by atoms with Crippen molar-refractivity contribution in [3.63, 3.8) is 0 Å². The highest BCUT2D eigenvalue weighted by Gasteiger charge is 2.26. The summed E-state index contributed by atoms with van der Waals surface area (Å²) in [5.74, 6) is 0.0879. The van der Waals surface area contributed by atoms with Crippen LogP contribution in [0.2, 0.25) is 0 Å². The molecule has 2 aromatic carbocycles. The van der Waals surface area contributed by atoms with Gasteiger partial charge in [-0.2, -0.15) is 4.72 Å². The number of methoxy groups -OCH3 is 2. The number of rotatable bonds is 9.